The molecule has 0 aromatic rings. The Bertz CT molecular complexity index is 57.4. The van der Waals surface area contributed by atoms with Crippen LogP contribution in [0.4, 0.5) is 0 Å². The third-order valence-corrected chi connectivity index (χ3v) is 0. The summed E-state index contributed by atoms with van der Waals surface area (Å²) in [7, 11) is 0. The first-order valence-corrected chi connectivity index (χ1v) is 4.90. The van der Waals surface area contributed by atoms with Gasteiger partial charge >= 0.3 is 240 Å². The van der Waals surface area contributed by atoms with Gasteiger partial charge in [0.1, 0.15) is 0 Å². The molecule has 32 valence electrons. The predicted molar refractivity (Wildman–Crippen MR) is 6.44 cm³/mol. The normalized spacial score (nSPS) is 7.38. The maximum atomic E-state index is 8.64. The van der Waals surface area contributed by atoms with Crippen LogP contribution in [0, 0.1) is 0 Å². The predicted octanol–water partition coefficient (Wildman–Crippen LogP) is -13.1. The molecule has 4 nitrogen and oxygen atoms in total. The summed E-state index contributed by atoms with van der Waals surface area (Å²) < 4.78 is 34.6. The van der Waals surface area contributed by atoms with Gasteiger partial charge in [-0.25, -0.2) is 0 Å². The molecule has 0 unspecified atom stereocenters. The standard InChI is InChI=1S/3Cs.4O.Sb/q3*+1;;3*-1;. The summed E-state index contributed by atoms with van der Waals surface area (Å²) in [5.74, 6) is 0. The fourth-order valence-electron chi connectivity index (χ4n) is 0. The van der Waals surface area contributed by atoms with Gasteiger partial charge in [-0.15, -0.1) is 0 Å². The van der Waals surface area contributed by atoms with Crippen LogP contribution in [0.25, 0.3) is 0 Å². The Hall–Kier alpha value is 6.65. The molecule has 0 fully saturated rings. The molecule has 0 saturated heterocycles. The number of hydrogen-bond acceptors (Lipinski definition) is 4. The molecule has 0 spiro atoms. The van der Waals surface area contributed by atoms with Gasteiger partial charge in [0, 0.05) is 0 Å². The van der Waals surface area contributed by atoms with E-state index in [1.807, 2.05) is 0 Å². The molecule has 0 amide bonds. The van der Waals surface area contributed by atoms with Crippen LogP contribution in [0.3, 0.4) is 0 Å². The summed E-state index contributed by atoms with van der Waals surface area (Å²) in [6.45, 7) is 0. The average molecular weight is 584 g/mol. The molecule has 0 heterocycles. The minimum atomic E-state index is -6.10. The number of hydrogen-bond donors (Lipinski definition) is 0. The minimum absolute atomic E-state index is 0. The van der Waals surface area contributed by atoms with Crippen molar-refractivity contribution in [3.63, 3.8) is 0 Å². The van der Waals surface area contributed by atoms with Crippen molar-refractivity contribution in [3.8, 4) is 0 Å². The summed E-state index contributed by atoms with van der Waals surface area (Å²) in [5, 5.41) is 0. The van der Waals surface area contributed by atoms with E-state index in [1.54, 1.807) is 0 Å². The molecule has 0 aliphatic carbocycles. The first kappa shape index (κ1) is 24.1. The van der Waals surface area contributed by atoms with E-state index < -0.39 is 20.1 Å². The third-order valence-electron chi connectivity index (χ3n) is 0. The van der Waals surface area contributed by atoms with Gasteiger partial charge in [-0.1, -0.05) is 0 Å². The van der Waals surface area contributed by atoms with Crippen LogP contribution in [0.1, 0.15) is 0 Å². The maximum absolute atomic E-state index is 8.64. The Morgan fingerprint density at radius 3 is 0.875 bits per heavy atom. The van der Waals surface area contributed by atoms with E-state index in [0.29, 0.717) is 0 Å². The van der Waals surface area contributed by atoms with Gasteiger partial charge < -0.3 is 0 Å². The van der Waals surface area contributed by atoms with Gasteiger partial charge in [0.25, 0.3) is 0 Å². The summed E-state index contributed by atoms with van der Waals surface area (Å²) in [6.07, 6.45) is 0. The summed E-state index contributed by atoms with van der Waals surface area (Å²) >= 11 is -6.10. The van der Waals surface area contributed by atoms with Crippen LogP contribution in [-0.4, -0.2) is 20.1 Å². The van der Waals surface area contributed by atoms with Crippen molar-refractivity contribution in [2.75, 3.05) is 0 Å². The first-order valence-electron chi connectivity index (χ1n) is 0.730. The molecule has 0 bridgehead atoms. The zero-order valence-corrected chi connectivity index (χ0v) is 26.5. The van der Waals surface area contributed by atoms with Gasteiger partial charge in [-0.3, -0.25) is 0 Å². The summed E-state index contributed by atoms with van der Waals surface area (Å²) in [4.78, 5) is 0. The van der Waals surface area contributed by atoms with Gasteiger partial charge in [0.2, 0.25) is 0 Å². The van der Waals surface area contributed by atoms with Crippen LogP contribution >= 0.6 is 0 Å². The Labute approximate surface area is 230 Å². The Balaban J connectivity index is -0.0000000267. The van der Waals surface area contributed by atoms with Crippen LogP contribution in [0.2, 0.25) is 0 Å². The molecule has 8 heavy (non-hydrogen) atoms. The van der Waals surface area contributed by atoms with E-state index in [1.165, 1.54) is 0 Å². The molecule has 0 atom stereocenters. The van der Waals surface area contributed by atoms with Crippen molar-refractivity contribution >= 4 is 20.1 Å². The van der Waals surface area contributed by atoms with Crippen LogP contribution in [-0.2, 0) is 3.02 Å². The van der Waals surface area contributed by atoms with Crippen molar-refractivity contribution < 1.29 is 220 Å². The molecular weight excluding hydrogens is 584 g/mol. The Morgan fingerprint density at radius 2 is 0.875 bits per heavy atom. The first-order chi connectivity index (χ1) is 2.00. The SMILES string of the molecule is [Cs+].[Cs+].[Cs+].[O]=[Sb]([O-])([O-])[O-]. The van der Waals surface area contributed by atoms with E-state index in [-0.39, 0.29) is 207 Å². The van der Waals surface area contributed by atoms with Gasteiger partial charge in [0.05, 0.1) is 0 Å². The average Bonchev–Trinajstić information content (AvgIpc) is 0.722. The summed E-state index contributed by atoms with van der Waals surface area (Å²) in [6, 6.07) is 0. The molecule has 0 aliphatic heterocycles. The van der Waals surface area contributed by atoms with Crippen molar-refractivity contribution in [1.29, 1.82) is 0 Å². The molecule has 0 saturated carbocycles. The second-order valence-electron chi connectivity index (χ2n) is 0.447. The zero-order chi connectivity index (χ0) is 4.50. The molecule has 0 aromatic carbocycles. The monoisotopic (exact) mass is 584 g/mol. The van der Waals surface area contributed by atoms with E-state index >= 15 is 0 Å². The van der Waals surface area contributed by atoms with E-state index in [0.717, 1.165) is 0 Å². The molecule has 0 N–H and O–H groups in total. The topological polar surface area (TPSA) is 86.2 Å². The van der Waals surface area contributed by atoms with Gasteiger partial charge in [-0.2, -0.15) is 0 Å². The van der Waals surface area contributed by atoms with Crippen molar-refractivity contribution in [2.45, 2.75) is 0 Å². The molecule has 8 heteroatoms. The second-order valence-corrected chi connectivity index (χ2v) is 3.00. The van der Waals surface area contributed by atoms with Crippen LogP contribution in [0.5, 0.6) is 0 Å². The van der Waals surface area contributed by atoms with E-state index in [2.05, 4.69) is 0 Å². The molecule has 0 aromatic heterocycles. The van der Waals surface area contributed by atoms with Crippen LogP contribution < -0.4 is 217 Å². The Morgan fingerprint density at radius 1 is 0.875 bits per heavy atom. The fraction of sp³-hybridized carbons (Fsp3) is 0. The molecule has 0 rings (SSSR count). The molecular formula is Cs3O4Sb. The fourth-order valence-corrected chi connectivity index (χ4v) is 0. The van der Waals surface area contributed by atoms with Crippen molar-refractivity contribution in [1.82, 2.24) is 0 Å². The summed E-state index contributed by atoms with van der Waals surface area (Å²) in [5.41, 5.74) is 0. The second kappa shape index (κ2) is 13.7. The Kier molecular flexibility index (Phi) is 41.1. The number of rotatable bonds is 0. The van der Waals surface area contributed by atoms with E-state index in [9.17, 15) is 0 Å². The quantitative estimate of drug-likeness (QED) is 0.265. The zero-order valence-electron chi connectivity index (χ0n) is 5.08. The molecule has 0 radical (unpaired) electrons. The van der Waals surface area contributed by atoms with Crippen LogP contribution in [0.15, 0.2) is 0 Å². The van der Waals surface area contributed by atoms with Crippen molar-refractivity contribution in [2.24, 2.45) is 0 Å². The van der Waals surface area contributed by atoms with Crippen molar-refractivity contribution in [3.05, 3.63) is 0 Å². The third kappa shape index (κ3) is 38.8. The van der Waals surface area contributed by atoms with Gasteiger partial charge in [-0.05, 0) is 0 Å². The van der Waals surface area contributed by atoms with E-state index in [4.69, 9.17) is 13.2 Å². The van der Waals surface area contributed by atoms with Gasteiger partial charge in [0.15, 0.2) is 0 Å². The molecule has 0 aliphatic rings.